The summed E-state index contributed by atoms with van der Waals surface area (Å²) >= 11 is 0. The van der Waals surface area contributed by atoms with Crippen molar-refractivity contribution in [1.82, 2.24) is 15.0 Å². The number of hydrogen-bond acceptors (Lipinski definition) is 4. The molecule has 1 saturated carbocycles. The minimum Gasteiger partial charge on any atom is -0.360 e. The van der Waals surface area contributed by atoms with E-state index in [2.05, 4.69) is 21.9 Å². The molecule has 0 bridgehead atoms. The summed E-state index contributed by atoms with van der Waals surface area (Å²) in [5.41, 5.74) is 0.509. The molecule has 3 heterocycles. The number of likely N-dealkylation sites (N-methyl/N-ethyl adjacent to an activating group) is 1. The van der Waals surface area contributed by atoms with E-state index in [1.807, 2.05) is 6.07 Å². The van der Waals surface area contributed by atoms with Gasteiger partial charge < -0.3 is 9.42 Å². The molecule has 1 aromatic heterocycles. The van der Waals surface area contributed by atoms with Crippen LogP contribution in [0.2, 0.25) is 0 Å². The average Bonchev–Trinajstić information content (AvgIpc) is 3.01. The van der Waals surface area contributed by atoms with Gasteiger partial charge >= 0.3 is 0 Å². The highest BCUT2D eigenvalue weighted by Crippen LogP contribution is 2.40. The van der Waals surface area contributed by atoms with Crippen molar-refractivity contribution >= 4 is 5.91 Å². The van der Waals surface area contributed by atoms with Gasteiger partial charge in [0.15, 0.2) is 5.69 Å². The van der Waals surface area contributed by atoms with Crippen LogP contribution in [0.1, 0.15) is 67.6 Å². The molecule has 4 rings (SSSR count). The molecule has 120 valence electrons. The van der Waals surface area contributed by atoms with Gasteiger partial charge in [0.05, 0.1) is 0 Å². The maximum atomic E-state index is 12.9. The van der Waals surface area contributed by atoms with E-state index in [1.165, 1.54) is 32.2 Å². The van der Waals surface area contributed by atoms with Crippen LogP contribution in [0.5, 0.6) is 0 Å². The van der Waals surface area contributed by atoms with Gasteiger partial charge in [-0.25, -0.2) is 0 Å². The highest BCUT2D eigenvalue weighted by Gasteiger charge is 2.40. The van der Waals surface area contributed by atoms with Crippen LogP contribution < -0.4 is 0 Å². The zero-order valence-electron chi connectivity index (χ0n) is 13.3. The Bertz CT molecular complexity index is 552. The van der Waals surface area contributed by atoms with Crippen LogP contribution in [0, 0.1) is 0 Å². The van der Waals surface area contributed by atoms with Crippen LogP contribution in [0.3, 0.4) is 0 Å². The molecular formula is C17H25N3O2. The summed E-state index contributed by atoms with van der Waals surface area (Å²) in [6.45, 7) is 5.34. The Morgan fingerprint density at radius 3 is 2.77 bits per heavy atom. The number of carbonyl (C=O) groups excluding carboxylic acids is 1. The lowest BCUT2D eigenvalue weighted by Gasteiger charge is -2.34. The van der Waals surface area contributed by atoms with E-state index in [1.54, 1.807) is 0 Å². The Labute approximate surface area is 131 Å². The van der Waals surface area contributed by atoms with Gasteiger partial charge in [0.1, 0.15) is 5.76 Å². The maximum Gasteiger partial charge on any atom is 0.276 e. The van der Waals surface area contributed by atoms with Gasteiger partial charge in [-0.15, -0.1) is 0 Å². The summed E-state index contributed by atoms with van der Waals surface area (Å²) in [5.74, 6) is 1.48. The molecule has 3 fully saturated rings. The zero-order chi connectivity index (χ0) is 15.1. The summed E-state index contributed by atoms with van der Waals surface area (Å²) in [5, 5.41) is 4.04. The fourth-order valence-corrected chi connectivity index (χ4v) is 4.22. The van der Waals surface area contributed by atoms with E-state index in [4.69, 9.17) is 4.52 Å². The molecule has 0 aromatic carbocycles. The minimum atomic E-state index is 0.0705. The van der Waals surface area contributed by atoms with Crippen molar-refractivity contribution in [3.8, 4) is 0 Å². The van der Waals surface area contributed by atoms with Crippen LogP contribution >= 0.6 is 0 Å². The molecule has 3 aliphatic rings. The Balaban J connectivity index is 1.50. The molecule has 0 N–H and O–H groups in total. The maximum absolute atomic E-state index is 12.9. The van der Waals surface area contributed by atoms with Crippen LogP contribution in [-0.2, 0) is 0 Å². The second-order valence-electron chi connectivity index (χ2n) is 6.94. The lowest BCUT2D eigenvalue weighted by Crippen LogP contribution is -2.48. The van der Waals surface area contributed by atoms with E-state index < -0.39 is 0 Å². The van der Waals surface area contributed by atoms with Crippen molar-refractivity contribution in [1.29, 1.82) is 0 Å². The van der Waals surface area contributed by atoms with Crippen molar-refractivity contribution in [2.45, 2.75) is 63.5 Å². The molecule has 5 nitrogen and oxygen atoms in total. The third-order valence-corrected chi connectivity index (χ3v) is 5.55. The highest BCUT2D eigenvalue weighted by atomic mass is 16.5. The number of aromatic nitrogens is 1. The fraction of sp³-hybridized carbons (Fsp3) is 0.765. The van der Waals surface area contributed by atoms with Crippen molar-refractivity contribution in [2.75, 3.05) is 19.6 Å². The molecule has 22 heavy (non-hydrogen) atoms. The summed E-state index contributed by atoms with van der Waals surface area (Å²) in [6.07, 6.45) is 7.05. The first-order chi connectivity index (χ1) is 10.8. The average molecular weight is 303 g/mol. The van der Waals surface area contributed by atoms with E-state index in [9.17, 15) is 4.79 Å². The smallest absolute Gasteiger partial charge is 0.276 e. The number of hydrogen-bond donors (Lipinski definition) is 0. The van der Waals surface area contributed by atoms with Crippen LogP contribution in [0.25, 0.3) is 0 Å². The predicted molar refractivity (Wildman–Crippen MR) is 82.8 cm³/mol. The van der Waals surface area contributed by atoms with Gasteiger partial charge in [-0.2, -0.15) is 0 Å². The first kappa shape index (κ1) is 14.2. The number of likely N-dealkylation sites (tertiary alicyclic amines) is 2. The predicted octanol–water partition coefficient (Wildman–Crippen LogP) is 2.64. The van der Waals surface area contributed by atoms with Crippen molar-refractivity contribution in [3.63, 3.8) is 0 Å². The molecule has 1 aliphatic carbocycles. The topological polar surface area (TPSA) is 49.6 Å². The van der Waals surface area contributed by atoms with Gasteiger partial charge in [-0.3, -0.25) is 9.69 Å². The van der Waals surface area contributed by atoms with Gasteiger partial charge in [-0.1, -0.05) is 12.1 Å². The number of nitrogens with zero attached hydrogens (tertiary/aromatic N) is 3. The largest absolute Gasteiger partial charge is 0.360 e. The van der Waals surface area contributed by atoms with Gasteiger partial charge in [0.2, 0.25) is 0 Å². The Kier molecular flexibility index (Phi) is 3.68. The van der Waals surface area contributed by atoms with E-state index >= 15 is 0 Å². The highest BCUT2D eigenvalue weighted by molar-refractivity contribution is 5.92. The summed E-state index contributed by atoms with van der Waals surface area (Å²) in [7, 11) is 0. The van der Waals surface area contributed by atoms with E-state index in [0.717, 1.165) is 31.7 Å². The third kappa shape index (κ3) is 2.45. The second kappa shape index (κ2) is 5.69. The normalized spacial score (nSPS) is 29.4. The molecule has 2 atom stereocenters. The molecule has 2 aliphatic heterocycles. The number of amides is 1. The second-order valence-corrected chi connectivity index (χ2v) is 6.94. The van der Waals surface area contributed by atoms with Crippen molar-refractivity contribution in [3.05, 3.63) is 17.5 Å². The van der Waals surface area contributed by atoms with Crippen molar-refractivity contribution < 1.29 is 9.32 Å². The first-order valence-electron chi connectivity index (χ1n) is 8.79. The SMILES string of the molecule is CCN1CCC[C@@H]1[C@H]1CCCN1C(=O)c1cc(C2CC2)on1. The number of rotatable bonds is 4. The van der Waals surface area contributed by atoms with Gasteiger partial charge in [-0.05, 0) is 51.6 Å². The molecule has 1 amide bonds. The molecule has 0 radical (unpaired) electrons. The van der Waals surface area contributed by atoms with Crippen LogP contribution in [0.4, 0.5) is 0 Å². The van der Waals surface area contributed by atoms with E-state index in [-0.39, 0.29) is 5.91 Å². The number of carbonyl (C=O) groups is 1. The lowest BCUT2D eigenvalue weighted by atomic mass is 10.0. The van der Waals surface area contributed by atoms with Gasteiger partial charge in [0.25, 0.3) is 5.91 Å². The molecular weight excluding hydrogens is 278 g/mol. The quantitative estimate of drug-likeness (QED) is 0.858. The van der Waals surface area contributed by atoms with Crippen LogP contribution in [-0.4, -0.2) is 52.6 Å². The van der Waals surface area contributed by atoms with Crippen molar-refractivity contribution in [2.24, 2.45) is 0 Å². The first-order valence-corrected chi connectivity index (χ1v) is 8.79. The molecule has 5 heteroatoms. The van der Waals surface area contributed by atoms with Gasteiger partial charge in [0, 0.05) is 30.6 Å². The standard InChI is InChI=1S/C17H25N3O2/c1-2-19-9-3-5-14(19)15-6-4-10-20(15)17(21)13-11-16(22-18-13)12-7-8-12/h11-12,14-15H,2-10H2,1H3/t14-,15-/m1/s1. The minimum absolute atomic E-state index is 0.0705. The van der Waals surface area contributed by atoms with Crippen LogP contribution in [0.15, 0.2) is 10.6 Å². The summed E-state index contributed by atoms with van der Waals surface area (Å²) < 4.78 is 5.36. The molecule has 0 spiro atoms. The molecule has 1 aromatic rings. The van der Waals surface area contributed by atoms with E-state index in [0.29, 0.717) is 23.7 Å². The molecule has 2 saturated heterocycles. The zero-order valence-corrected chi connectivity index (χ0v) is 13.3. The fourth-order valence-electron chi connectivity index (χ4n) is 4.22. The Morgan fingerprint density at radius 1 is 1.23 bits per heavy atom. The monoisotopic (exact) mass is 303 g/mol. The lowest BCUT2D eigenvalue weighted by molar-refractivity contribution is 0.0639. The Morgan fingerprint density at radius 2 is 2.00 bits per heavy atom. The molecule has 0 unspecified atom stereocenters. The summed E-state index contributed by atoms with van der Waals surface area (Å²) in [6, 6.07) is 2.77. The third-order valence-electron chi connectivity index (χ3n) is 5.55. The Hall–Kier alpha value is -1.36. The summed E-state index contributed by atoms with van der Waals surface area (Å²) in [4.78, 5) is 17.4.